The van der Waals surface area contributed by atoms with E-state index in [1.165, 1.54) is 0 Å². The monoisotopic (exact) mass is 396 g/mol. The molecule has 0 bridgehead atoms. The highest BCUT2D eigenvalue weighted by atomic mass is 35.5. The van der Waals surface area contributed by atoms with Crippen molar-refractivity contribution in [2.24, 2.45) is 0 Å². The predicted molar refractivity (Wildman–Crippen MR) is 112 cm³/mol. The molecule has 0 saturated carbocycles. The molecular weight excluding hydrogens is 376 g/mol. The minimum atomic E-state index is -0.204. The fourth-order valence-corrected chi connectivity index (χ4v) is 2.99. The minimum absolute atomic E-state index is 0.204. The molecule has 144 valence electrons. The largest absolute Gasteiger partial charge is 0.493 e. The Hall–Kier alpha value is -3.18. The maximum Gasteiger partial charge on any atom is 0.253 e. The van der Waals surface area contributed by atoms with Gasteiger partial charge in [-0.15, -0.1) is 0 Å². The van der Waals surface area contributed by atoms with Crippen molar-refractivity contribution in [2.45, 2.75) is 6.54 Å². The van der Waals surface area contributed by atoms with E-state index in [0.29, 0.717) is 22.1 Å². The fourth-order valence-electron chi connectivity index (χ4n) is 2.77. The van der Waals surface area contributed by atoms with Crippen molar-refractivity contribution in [3.05, 3.63) is 82.9 Å². The fraction of sp³-hybridized carbons (Fsp3) is 0.136. The van der Waals surface area contributed by atoms with Gasteiger partial charge in [-0.05, 0) is 35.9 Å². The van der Waals surface area contributed by atoms with Gasteiger partial charge in [0.25, 0.3) is 5.91 Å². The first kappa shape index (κ1) is 19.6. The normalized spacial score (nSPS) is 10.2. The van der Waals surface area contributed by atoms with E-state index < -0.39 is 0 Å². The van der Waals surface area contributed by atoms with E-state index in [0.717, 1.165) is 16.9 Å². The third-order valence-corrected chi connectivity index (χ3v) is 4.57. The van der Waals surface area contributed by atoms with Crippen LogP contribution in [0.4, 0.5) is 11.4 Å². The zero-order valence-electron chi connectivity index (χ0n) is 15.7. The van der Waals surface area contributed by atoms with Crippen molar-refractivity contribution in [3.8, 4) is 11.5 Å². The van der Waals surface area contributed by atoms with E-state index in [9.17, 15) is 4.79 Å². The molecule has 0 aliphatic heterocycles. The van der Waals surface area contributed by atoms with Gasteiger partial charge in [-0.1, -0.05) is 41.9 Å². The van der Waals surface area contributed by atoms with Crippen LogP contribution in [0.2, 0.25) is 5.02 Å². The Balaban J connectivity index is 1.76. The third kappa shape index (κ3) is 4.56. The van der Waals surface area contributed by atoms with Crippen LogP contribution >= 0.6 is 11.6 Å². The number of hydrogen-bond acceptors (Lipinski definition) is 4. The van der Waals surface area contributed by atoms with Gasteiger partial charge in [-0.2, -0.15) is 0 Å². The van der Waals surface area contributed by atoms with Crippen LogP contribution in [0.25, 0.3) is 0 Å². The molecule has 0 spiro atoms. The number of para-hydroxylation sites is 2. The molecule has 28 heavy (non-hydrogen) atoms. The Morgan fingerprint density at radius 3 is 2.29 bits per heavy atom. The molecule has 5 nitrogen and oxygen atoms in total. The van der Waals surface area contributed by atoms with Gasteiger partial charge in [-0.25, -0.2) is 0 Å². The lowest BCUT2D eigenvalue weighted by Gasteiger charge is -2.14. The van der Waals surface area contributed by atoms with Crippen LogP contribution in [-0.2, 0) is 6.54 Å². The summed E-state index contributed by atoms with van der Waals surface area (Å²) in [5, 5.41) is 6.68. The molecule has 3 aromatic carbocycles. The van der Waals surface area contributed by atoms with E-state index in [2.05, 4.69) is 10.6 Å². The zero-order valence-corrected chi connectivity index (χ0v) is 16.4. The summed E-state index contributed by atoms with van der Waals surface area (Å²) < 4.78 is 10.5. The molecule has 0 atom stereocenters. The van der Waals surface area contributed by atoms with Crippen LogP contribution in [0.15, 0.2) is 66.7 Å². The Bertz CT molecular complexity index is 961. The average Bonchev–Trinajstić information content (AvgIpc) is 2.73. The first-order chi connectivity index (χ1) is 13.6. The zero-order chi connectivity index (χ0) is 19.9. The second-order valence-corrected chi connectivity index (χ2v) is 6.43. The molecule has 0 saturated heterocycles. The van der Waals surface area contributed by atoms with Gasteiger partial charge in [0.15, 0.2) is 11.5 Å². The van der Waals surface area contributed by atoms with Crippen molar-refractivity contribution < 1.29 is 14.3 Å². The lowest BCUT2D eigenvalue weighted by Crippen LogP contribution is -2.23. The molecule has 0 aliphatic carbocycles. The van der Waals surface area contributed by atoms with Crippen molar-refractivity contribution in [3.63, 3.8) is 0 Å². The van der Waals surface area contributed by atoms with Crippen LogP contribution < -0.4 is 20.1 Å². The standard InChI is InChI=1S/C22H21ClN2O3/c1-27-20-12-15(18(23)13-21(20)28-2)14-24-22(26)17-10-6-7-11-19(17)25-16-8-4-3-5-9-16/h3-13,25H,14H2,1-2H3,(H,24,26). The number of methoxy groups -OCH3 is 2. The minimum Gasteiger partial charge on any atom is -0.493 e. The summed E-state index contributed by atoms with van der Waals surface area (Å²) in [6.45, 7) is 0.262. The lowest BCUT2D eigenvalue weighted by atomic mass is 10.1. The number of halogens is 1. The van der Waals surface area contributed by atoms with Crippen LogP contribution in [0, 0.1) is 0 Å². The van der Waals surface area contributed by atoms with Crippen LogP contribution in [0.5, 0.6) is 11.5 Å². The Labute approximate surface area is 169 Å². The Kier molecular flexibility index (Phi) is 6.40. The SMILES string of the molecule is COc1cc(Cl)c(CNC(=O)c2ccccc2Nc2ccccc2)cc1OC. The highest BCUT2D eigenvalue weighted by molar-refractivity contribution is 6.31. The average molecular weight is 397 g/mol. The number of ether oxygens (including phenoxy) is 2. The quantitative estimate of drug-likeness (QED) is 0.588. The second kappa shape index (κ2) is 9.15. The Morgan fingerprint density at radius 1 is 0.929 bits per heavy atom. The molecule has 0 heterocycles. The highest BCUT2D eigenvalue weighted by Gasteiger charge is 2.14. The van der Waals surface area contributed by atoms with Gasteiger partial charge < -0.3 is 20.1 Å². The molecule has 0 aliphatic rings. The summed E-state index contributed by atoms with van der Waals surface area (Å²) >= 11 is 6.31. The second-order valence-electron chi connectivity index (χ2n) is 6.02. The number of amides is 1. The van der Waals surface area contributed by atoms with Gasteiger partial charge in [0.05, 0.1) is 25.5 Å². The summed E-state index contributed by atoms with van der Waals surface area (Å²) in [7, 11) is 3.10. The summed E-state index contributed by atoms with van der Waals surface area (Å²) in [5.74, 6) is 0.896. The highest BCUT2D eigenvalue weighted by Crippen LogP contribution is 2.33. The van der Waals surface area contributed by atoms with Crippen LogP contribution in [0.1, 0.15) is 15.9 Å². The molecule has 0 radical (unpaired) electrons. The predicted octanol–water partition coefficient (Wildman–Crippen LogP) is 5.03. The number of anilines is 2. The topological polar surface area (TPSA) is 59.6 Å². The number of rotatable bonds is 7. The van der Waals surface area contributed by atoms with Gasteiger partial charge in [0.2, 0.25) is 0 Å². The van der Waals surface area contributed by atoms with Crippen LogP contribution in [-0.4, -0.2) is 20.1 Å². The molecule has 6 heteroatoms. The van der Waals surface area contributed by atoms with E-state index >= 15 is 0 Å². The lowest BCUT2D eigenvalue weighted by molar-refractivity contribution is 0.0951. The third-order valence-electron chi connectivity index (χ3n) is 4.22. The van der Waals surface area contributed by atoms with E-state index in [1.807, 2.05) is 48.5 Å². The van der Waals surface area contributed by atoms with Gasteiger partial charge >= 0.3 is 0 Å². The van der Waals surface area contributed by atoms with Crippen molar-refractivity contribution in [1.29, 1.82) is 0 Å². The van der Waals surface area contributed by atoms with Gasteiger partial charge in [0.1, 0.15) is 0 Å². The summed E-state index contributed by atoms with van der Waals surface area (Å²) in [6.07, 6.45) is 0. The molecule has 2 N–H and O–H groups in total. The van der Waals surface area contributed by atoms with Crippen LogP contribution in [0.3, 0.4) is 0 Å². The van der Waals surface area contributed by atoms with E-state index in [4.69, 9.17) is 21.1 Å². The van der Waals surface area contributed by atoms with Gasteiger partial charge in [0, 0.05) is 23.3 Å². The number of nitrogens with one attached hydrogen (secondary N) is 2. The first-order valence-corrected chi connectivity index (χ1v) is 9.10. The summed E-state index contributed by atoms with van der Waals surface area (Å²) in [4.78, 5) is 12.8. The van der Waals surface area contributed by atoms with Crippen molar-refractivity contribution in [1.82, 2.24) is 5.32 Å². The van der Waals surface area contributed by atoms with E-state index in [-0.39, 0.29) is 12.5 Å². The molecule has 3 aromatic rings. The number of benzene rings is 3. The summed E-state index contributed by atoms with van der Waals surface area (Å²) in [5.41, 5.74) is 2.92. The van der Waals surface area contributed by atoms with Crippen molar-refractivity contribution >= 4 is 28.9 Å². The van der Waals surface area contributed by atoms with Crippen molar-refractivity contribution in [2.75, 3.05) is 19.5 Å². The maximum absolute atomic E-state index is 12.8. The maximum atomic E-state index is 12.8. The molecule has 0 aromatic heterocycles. The van der Waals surface area contributed by atoms with Gasteiger partial charge in [-0.3, -0.25) is 4.79 Å². The Morgan fingerprint density at radius 2 is 1.57 bits per heavy atom. The molecular formula is C22H21ClN2O3. The molecule has 1 amide bonds. The number of hydrogen-bond donors (Lipinski definition) is 2. The number of carbonyl (C=O) groups is 1. The molecule has 3 rings (SSSR count). The number of carbonyl (C=O) groups excluding carboxylic acids is 1. The molecule has 0 unspecified atom stereocenters. The smallest absolute Gasteiger partial charge is 0.253 e. The first-order valence-electron chi connectivity index (χ1n) is 8.72. The van der Waals surface area contributed by atoms with E-state index in [1.54, 1.807) is 32.4 Å². The molecule has 0 fully saturated rings. The summed E-state index contributed by atoms with van der Waals surface area (Å²) in [6, 6.07) is 20.5.